The first-order valence-corrected chi connectivity index (χ1v) is 13.5. The highest BCUT2D eigenvalue weighted by Crippen LogP contribution is 2.25. The van der Waals surface area contributed by atoms with Crippen molar-refractivity contribution >= 4 is 23.8 Å². The molecule has 0 heterocycles. The first kappa shape index (κ1) is 36.1. The zero-order valence-corrected chi connectivity index (χ0v) is 23.7. The lowest BCUT2D eigenvalue weighted by atomic mass is 9.84. The number of carboxylic acid groups (broad SMARTS) is 2. The minimum atomic E-state index is -1.04. The van der Waals surface area contributed by atoms with Crippen LogP contribution in [0.1, 0.15) is 44.9 Å². The average molecular weight is 555 g/mol. The van der Waals surface area contributed by atoms with Crippen LogP contribution in [0.25, 0.3) is 0 Å². The molecular weight excluding hydrogens is 508 g/mol. The van der Waals surface area contributed by atoms with Gasteiger partial charge in [0.05, 0.1) is 24.7 Å². The summed E-state index contributed by atoms with van der Waals surface area (Å²) in [5, 5.41) is 18.6. The zero-order chi connectivity index (χ0) is 30.3. The minimum absolute atomic E-state index is 0.236. The molecule has 0 aliphatic carbocycles. The molecule has 0 rings (SSSR count). The number of hydrogen-bond donors (Lipinski definition) is 2. The van der Waals surface area contributed by atoms with Gasteiger partial charge < -0.3 is 20.0 Å². The molecule has 0 aliphatic heterocycles. The second-order valence-corrected chi connectivity index (χ2v) is 9.37. The normalized spacial score (nSPS) is 13.2. The van der Waals surface area contributed by atoms with E-state index in [1.165, 1.54) is 9.80 Å². The van der Waals surface area contributed by atoms with Crippen LogP contribution in [0.15, 0.2) is 87.6 Å². The lowest BCUT2D eigenvalue weighted by Gasteiger charge is -2.28. The first-order chi connectivity index (χ1) is 19.2. The van der Waals surface area contributed by atoms with Gasteiger partial charge in [-0.25, -0.2) is 0 Å². The molecule has 2 N–H and O–H groups in total. The molecule has 0 fully saturated rings. The van der Waals surface area contributed by atoms with E-state index in [1.807, 2.05) is 24.3 Å². The highest BCUT2D eigenvalue weighted by molar-refractivity contribution is 5.84. The van der Waals surface area contributed by atoms with E-state index in [0.29, 0.717) is 45.4 Å². The quantitative estimate of drug-likeness (QED) is 0.121. The van der Waals surface area contributed by atoms with E-state index >= 15 is 0 Å². The molecule has 0 aromatic rings. The summed E-state index contributed by atoms with van der Waals surface area (Å²) in [6.45, 7) is 19.8. The monoisotopic (exact) mass is 554 g/mol. The van der Waals surface area contributed by atoms with Crippen LogP contribution in [-0.2, 0) is 19.2 Å². The number of carbonyl (C=O) groups excluding carboxylic acids is 2. The SMILES string of the molecule is C=CCN(CC=C)C(=O)C(CC=CCCC=CCCC(C=C)C(CC(=O)O)C(=O)N(CC=C)CC=C)CC(=O)O. The maximum Gasteiger partial charge on any atom is 0.304 e. The molecule has 0 saturated heterocycles. The molecule has 8 heteroatoms. The average Bonchev–Trinajstić information content (AvgIpc) is 2.91. The van der Waals surface area contributed by atoms with Crippen molar-refractivity contribution in [2.24, 2.45) is 17.8 Å². The van der Waals surface area contributed by atoms with E-state index < -0.39 is 23.8 Å². The predicted octanol–water partition coefficient (Wildman–Crippen LogP) is 5.43. The van der Waals surface area contributed by atoms with Crippen LogP contribution in [0.4, 0.5) is 0 Å². The van der Waals surface area contributed by atoms with Crippen molar-refractivity contribution in [3.63, 3.8) is 0 Å². The van der Waals surface area contributed by atoms with Gasteiger partial charge in [0.25, 0.3) is 0 Å². The highest BCUT2D eigenvalue weighted by Gasteiger charge is 2.31. The van der Waals surface area contributed by atoms with Gasteiger partial charge >= 0.3 is 11.9 Å². The number of carbonyl (C=O) groups is 4. The van der Waals surface area contributed by atoms with Crippen molar-refractivity contribution < 1.29 is 29.4 Å². The summed E-state index contributed by atoms with van der Waals surface area (Å²) in [6, 6.07) is 0. The van der Waals surface area contributed by atoms with Crippen LogP contribution in [0.2, 0.25) is 0 Å². The lowest BCUT2D eigenvalue weighted by Crippen LogP contribution is -2.40. The number of aliphatic carboxylic acids is 2. The summed E-state index contributed by atoms with van der Waals surface area (Å²) >= 11 is 0. The lowest BCUT2D eigenvalue weighted by molar-refractivity contribution is -0.145. The fourth-order valence-electron chi connectivity index (χ4n) is 4.30. The Kier molecular flexibility index (Phi) is 19.8. The van der Waals surface area contributed by atoms with Crippen LogP contribution >= 0.6 is 0 Å². The summed E-state index contributed by atoms with van der Waals surface area (Å²) in [5.74, 6) is -4.22. The second-order valence-electron chi connectivity index (χ2n) is 9.37. The molecular formula is C32H46N2O6. The third kappa shape index (κ3) is 14.9. The number of carboxylic acids is 2. The number of rotatable bonds is 24. The fourth-order valence-corrected chi connectivity index (χ4v) is 4.30. The molecule has 8 nitrogen and oxygen atoms in total. The molecule has 0 aromatic carbocycles. The van der Waals surface area contributed by atoms with Gasteiger partial charge in [0, 0.05) is 26.2 Å². The van der Waals surface area contributed by atoms with Gasteiger partial charge in [-0.1, -0.05) is 54.7 Å². The van der Waals surface area contributed by atoms with E-state index in [-0.39, 0.29) is 30.6 Å². The standard InChI is InChI=1S/C32H46N2O6/c1-6-20-33(21-7-2)31(39)27(24-29(35)36)19-17-15-13-11-12-14-16-18-26(10-5)28(25-30(37)38)32(40)34(22-8-3)23-9-4/h6-10,12,14-15,17,26-28H,1-5,11,13,16,18-25H2,(H,35,36)(H,37,38). The molecule has 40 heavy (non-hydrogen) atoms. The van der Waals surface area contributed by atoms with E-state index in [4.69, 9.17) is 0 Å². The van der Waals surface area contributed by atoms with Gasteiger partial charge in [-0.3, -0.25) is 19.2 Å². The van der Waals surface area contributed by atoms with Crippen LogP contribution in [0, 0.1) is 17.8 Å². The van der Waals surface area contributed by atoms with Crippen LogP contribution < -0.4 is 0 Å². The van der Waals surface area contributed by atoms with Crippen molar-refractivity contribution in [2.45, 2.75) is 44.9 Å². The minimum Gasteiger partial charge on any atom is -0.481 e. The number of unbranched alkanes of at least 4 members (excludes halogenated alkanes) is 1. The van der Waals surface area contributed by atoms with E-state index in [1.54, 1.807) is 30.4 Å². The zero-order valence-electron chi connectivity index (χ0n) is 23.7. The molecule has 3 unspecified atom stereocenters. The molecule has 0 spiro atoms. The van der Waals surface area contributed by atoms with Crippen molar-refractivity contribution in [1.29, 1.82) is 0 Å². The smallest absolute Gasteiger partial charge is 0.304 e. The van der Waals surface area contributed by atoms with Gasteiger partial charge in [0.2, 0.25) is 11.8 Å². The van der Waals surface area contributed by atoms with Crippen LogP contribution in [0.5, 0.6) is 0 Å². The Balaban J connectivity index is 4.96. The summed E-state index contributed by atoms with van der Waals surface area (Å²) in [5.41, 5.74) is 0. The van der Waals surface area contributed by atoms with Gasteiger partial charge in [0.1, 0.15) is 0 Å². The molecule has 3 atom stereocenters. The second kappa shape index (κ2) is 21.9. The largest absolute Gasteiger partial charge is 0.481 e. The third-order valence-corrected chi connectivity index (χ3v) is 6.24. The summed E-state index contributed by atoms with van der Waals surface area (Å²) in [7, 11) is 0. The molecule has 220 valence electrons. The number of allylic oxidation sites excluding steroid dienone is 5. The Labute approximate surface area is 239 Å². The molecule has 2 amide bonds. The summed E-state index contributed by atoms with van der Waals surface area (Å²) in [4.78, 5) is 51.7. The molecule has 0 saturated carbocycles. The van der Waals surface area contributed by atoms with Crippen molar-refractivity contribution in [3.05, 3.63) is 87.6 Å². The maximum atomic E-state index is 13.1. The van der Waals surface area contributed by atoms with Gasteiger partial charge in [0.15, 0.2) is 0 Å². The number of hydrogen-bond acceptors (Lipinski definition) is 4. The number of nitrogens with zero attached hydrogens (tertiary/aromatic N) is 2. The predicted molar refractivity (Wildman–Crippen MR) is 160 cm³/mol. The first-order valence-electron chi connectivity index (χ1n) is 13.5. The van der Waals surface area contributed by atoms with E-state index in [9.17, 15) is 29.4 Å². The van der Waals surface area contributed by atoms with Gasteiger partial charge in [-0.2, -0.15) is 0 Å². The maximum absolute atomic E-state index is 13.1. The Morgan fingerprint density at radius 2 is 1.07 bits per heavy atom. The van der Waals surface area contributed by atoms with Crippen molar-refractivity contribution in [3.8, 4) is 0 Å². The van der Waals surface area contributed by atoms with Gasteiger partial charge in [-0.15, -0.1) is 32.9 Å². The third-order valence-electron chi connectivity index (χ3n) is 6.24. The van der Waals surface area contributed by atoms with E-state index in [0.717, 1.165) is 12.8 Å². The van der Waals surface area contributed by atoms with Crippen molar-refractivity contribution in [1.82, 2.24) is 9.80 Å². The van der Waals surface area contributed by atoms with Gasteiger partial charge in [-0.05, 0) is 38.0 Å². The number of amides is 2. The Morgan fingerprint density at radius 1 is 0.625 bits per heavy atom. The molecule has 0 aromatic heterocycles. The van der Waals surface area contributed by atoms with Crippen LogP contribution in [0.3, 0.4) is 0 Å². The Morgan fingerprint density at radius 3 is 1.52 bits per heavy atom. The van der Waals surface area contributed by atoms with Crippen molar-refractivity contribution in [2.75, 3.05) is 26.2 Å². The summed E-state index contributed by atoms with van der Waals surface area (Å²) in [6.07, 6.45) is 18.3. The van der Waals surface area contributed by atoms with Crippen LogP contribution in [-0.4, -0.2) is 69.9 Å². The summed E-state index contributed by atoms with van der Waals surface area (Å²) < 4.78 is 0. The molecule has 0 bridgehead atoms. The Bertz CT molecular complexity index is 916. The molecule has 0 radical (unpaired) electrons. The molecule has 0 aliphatic rings. The topological polar surface area (TPSA) is 115 Å². The highest BCUT2D eigenvalue weighted by atomic mass is 16.4. The van der Waals surface area contributed by atoms with E-state index in [2.05, 4.69) is 32.9 Å². The fraction of sp³-hybridized carbons (Fsp3) is 0.438. The Hall–Kier alpha value is -3.94.